The van der Waals surface area contributed by atoms with Crippen LogP contribution < -0.4 is 0 Å². The fourth-order valence-electron chi connectivity index (χ4n) is 4.28. The molecule has 1 aliphatic heterocycles. The highest BCUT2D eigenvalue weighted by Gasteiger charge is 2.30. The van der Waals surface area contributed by atoms with Gasteiger partial charge >= 0.3 is 5.97 Å². The van der Waals surface area contributed by atoms with Crippen molar-refractivity contribution < 1.29 is 18.7 Å². The van der Waals surface area contributed by atoms with Gasteiger partial charge in [0, 0.05) is 36.4 Å². The summed E-state index contributed by atoms with van der Waals surface area (Å²) in [6.07, 6.45) is 4.75. The molecule has 3 aromatic heterocycles. The number of ether oxygens (including phenoxy) is 1. The number of carbonyl (C=O) groups is 2. The second-order valence-corrected chi connectivity index (χ2v) is 10.5. The lowest BCUT2D eigenvalue weighted by atomic mass is 9.98. The van der Waals surface area contributed by atoms with Crippen molar-refractivity contribution in [2.75, 3.05) is 19.7 Å². The van der Waals surface area contributed by atoms with Crippen LogP contribution in [0.15, 0.2) is 59.3 Å². The summed E-state index contributed by atoms with van der Waals surface area (Å²) in [5.74, 6) is -0.232. The van der Waals surface area contributed by atoms with Crippen LogP contribution in [0.4, 0.5) is 4.39 Å². The molecular formula is C26H25FN6O3S2. The molecule has 1 saturated heterocycles. The Labute approximate surface area is 227 Å². The SMILES string of the molecule is CCOC(=O)[C@@H]1CCCN(C(=O)c2csc(CSc3nnc(-c4ccncc4)n3-c3ccccc3F)n2)C1. The molecule has 0 N–H and O–H groups in total. The monoisotopic (exact) mass is 552 g/mol. The van der Waals surface area contributed by atoms with E-state index >= 15 is 0 Å². The molecule has 0 bridgehead atoms. The number of hydrogen-bond acceptors (Lipinski definition) is 9. The van der Waals surface area contributed by atoms with E-state index in [9.17, 15) is 14.0 Å². The van der Waals surface area contributed by atoms with Gasteiger partial charge in [0.2, 0.25) is 0 Å². The van der Waals surface area contributed by atoms with Gasteiger partial charge in [-0.15, -0.1) is 21.5 Å². The van der Waals surface area contributed by atoms with Gasteiger partial charge in [-0.2, -0.15) is 0 Å². The normalized spacial score (nSPS) is 15.4. The highest BCUT2D eigenvalue weighted by Crippen LogP contribution is 2.31. The van der Waals surface area contributed by atoms with Crippen molar-refractivity contribution in [1.82, 2.24) is 29.6 Å². The number of aromatic nitrogens is 5. The summed E-state index contributed by atoms with van der Waals surface area (Å²) in [6, 6.07) is 10.0. The van der Waals surface area contributed by atoms with E-state index in [4.69, 9.17) is 4.74 Å². The summed E-state index contributed by atoms with van der Waals surface area (Å²) in [4.78, 5) is 35.5. The number of esters is 1. The first-order valence-corrected chi connectivity index (χ1v) is 14.1. The Kier molecular flexibility index (Phi) is 8.08. The van der Waals surface area contributed by atoms with Crippen LogP contribution in [0.25, 0.3) is 17.1 Å². The van der Waals surface area contributed by atoms with Crippen molar-refractivity contribution in [3.05, 3.63) is 70.7 Å². The minimum Gasteiger partial charge on any atom is -0.466 e. The predicted molar refractivity (Wildman–Crippen MR) is 141 cm³/mol. The summed E-state index contributed by atoms with van der Waals surface area (Å²) in [5, 5.41) is 11.6. The number of thiazole rings is 1. The molecule has 1 amide bonds. The van der Waals surface area contributed by atoms with Crippen LogP contribution in [0, 0.1) is 11.7 Å². The quantitative estimate of drug-likeness (QED) is 0.230. The van der Waals surface area contributed by atoms with Crippen LogP contribution in [0.1, 0.15) is 35.3 Å². The van der Waals surface area contributed by atoms with Gasteiger partial charge in [0.1, 0.15) is 16.5 Å². The number of hydrogen-bond donors (Lipinski definition) is 0. The number of halogens is 1. The van der Waals surface area contributed by atoms with Crippen molar-refractivity contribution >= 4 is 35.0 Å². The molecule has 9 nitrogen and oxygen atoms in total. The van der Waals surface area contributed by atoms with E-state index in [0.29, 0.717) is 54.2 Å². The van der Waals surface area contributed by atoms with Crippen molar-refractivity contribution in [3.63, 3.8) is 0 Å². The van der Waals surface area contributed by atoms with Crippen molar-refractivity contribution in [2.24, 2.45) is 5.92 Å². The van der Waals surface area contributed by atoms with Gasteiger partial charge in [0.25, 0.3) is 5.91 Å². The van der Waals surface area contributed by atoms with Gasteiger partial charge in [-0.1, -0.05) is 23.9 Å². The zero-order valence-electron chi connectivity index (χ0n) is 20.6. The van der Waals surface area contributed by atoms with Crippen LogP contribution in [-0.4, -0.2) is 61.2 Å². The molecule has 4 aromatic rings. The molecule has 38 heavy (non-hydrogen) atoms. The molecule has 5 rings (SSSR count). The molecule has 1 atom stereocenters. The smallest absolute Gasteiger partial charge is 0.310 e. The predicted octanol–water partition coefficient (Wildman–Crippen LogP) is 4.63. The van der Waals surface area contributed by atoms with Crippen molar-refractivity contribution in [2.45, 2.75) is 30.7 Å². The molecule has 1 aliphatic rings. The molecule has 0 spiro atoms. The first kappa shape index (κ1) is 26.0. The van der Waals surface area contributed by atoms with E-state index in [0.717, 1.165) is 17.0 Å². The third-order valence-corrected chi connectivity index (χ3v) is 8.06. The van der Waals surface area contributed by atoms with Crippen molar-refractivity contribution in [1.29, 1.82) is 0 Å². The molecule has 0 saturated carbocycles. The van der Waals surface area contributed by atoms with E-state index in [1.165, 1.54) is 29.2 Å². The zero-order chi connectivity index (χ0) is 26.5. The number of likely N-dealkylation sites (tertiary alicyclic amines) is 1. The number of piperidine rings is 1. The molecular weight excluding hydrogens is 527 g/mol. The lowest BCUT2D eigenvalue weighted by Gasteiger charge is -2.31. The second kappa shape index (κ2) is 11.8. The van der Waals surface area contributed by atoms with E-state index in [1.807, 2.05) is 0 Å². The molecule has 0 aliphatic carbocycles. The molecule has 12 heteroatoms. The lowest BCUT2D eigenvalue weighted by Crippen LogP contribution is -2.43. The summed E-state index contributed by atoms with van der Waals surface area (Å²) >= 11 is 2.73. The number of thioether (sulfide) groups is 1. The van der Waals surface area contributed by atoms with Gasteiger partial charge in [0.15, 0.2) is 11.0 Å². The first-order valence-electron chi connectivity index (χ1n) is 12.2. The van der Waals surface area contributed by atoms with E-state index < -0.39 is 5.82 Å². The molecule has 0 radical (unpaired) electrons. The second-order valence-electron chi connectivity index (χ2n) is 8.59. The number of para-hydroxylation sites is 1. The number of benzene rings is 1. The standard InChI is InChI=1S/C26H25FN6O3S2/c1-2-36-25(35)18-6-5-13-32(14-18)24(34)20-15-37-22(29-20)16-38-26-31-30-23(17-9-11-28-12-10-17)33(26)21-8-4-3-7-19(21)27/h3-4,7-12,15,18H,2,5-6,13-14,16H2,1H3/t18-/m1/s1. The third kappa shape index (κ3) is 5.60. The maximum absolute atomic E-state index is 14.8. The Balaban J connectivity index is 1.32. The third-order valence-electron chi connectivity index (χ3n) is 6.09. The lowest BCUT2D eigenvalue weighted by molar-refractivity contribution is -0.149. The maximum Gasteiger partial charge on any atom is 0.310 e. The fraction of sp³-hybridized carbons (Fsp3) is 0.308. The number of rotatable bonds is 8. The van der Waals surface area contributed by atoms with Crippen LogP contribution >= 0.6 is 23.1 Å². The van der Waals surface area contributed by atoms with Gasteiger partial charge in [-0.25, -0.2) is 9.37 Å². The van der Waals surface area contributed by atoms with E-state index in [2.05, 4.69) is 20.2 Å². The molecule has 4 heterocycles. The van der Waals surface area contributed by atoms with Gasteiger partial charge < -0.3 is 9.64 Å². The Morgan fingerprint density at radius 3 is 2.79 bits per heavy atom. The zero-order valence-corrected chi connectivity index (χ0v) is 22.3. The summed E-state index contributed by atoms with van der Waals surface area (Å²) in [5.41, 5.74) is 1.44. The summed E-state index contributed by atoms with van der Waals surface area (Å²) < 4.78 is 21.6. The van der Waals surface area contributed by atoms with Crippen LogP contribution in [0.5, 0.6) is 0 Å². The topological polar surface area (TPSA) is 103 Å². The highest BCUT2D eigenvalue weighted by atomic mass is 32.2. The Morgan fingerprint density at radius 1 is 1.18 bits per heavy atom. The number of amides is 1. The van der Waals surface area contributed by atoms with Crippen LogP contribution in [0.3, 0.4) is 0 Å². The van der Waals surface area contributed by atoms with Crippen LogP contribution in [0.2, 0.25) is 0 Å². The summed E-state index contributed by atoms with van der Waals surface area (Å²) in [6.45, 7) is 3.02. The molecule has 1 fully saturated rings. The van der Waals surface area contributed by atoms with Crippen LogP contribution in [-0.2, 0) is 15.3 Å². The van der Waals surface area contributed by atoms with E-state index in [-0.39, 0.29) is 17.8 Å². The largest absolute Gasteiger partial charge is 0.466 e. The highest BCUT2D eigenvalue weighted by molar-refractivity contribution is 7.98. The fourth-order valence-corrected chi connectivity index (χ4v) is 6.01. The van der Waals surface area contributed by atoms with E-state index in [1.54, 1.807) is 64.5 Å². The molecule has 1 aromatic carbocycles. The van der Waals surface area contributed by atoms with Gasteiger partial charge in [0.05, 0.1) is 24.0 Å². The maximum atomic E-state index is 14.8. The minimum absolute atomic E-state index is 0.194. The average Bonchev–Trinajstić information content (AvgIpc) is 3.60. The average molecular weight is 553 g/mol. The van der Waals surface area contributed by atoms with Gasteiger partial charge in [-0.3, -0.25) is 19.1 Å². The Bertz CT molecular complexity index is 1430. The Hall–Kier alpha value is -3.64. The number of nitrogens with zero attached hydrogens (tertiary/aromatic N) is 6. The van der Waals surface area contributed by atoms with Crippen molar-refractivity contribution in [3.8, 4) is 17.1 Å². The number of pyridine rings is 1. The van der Waals surface area contributed by atoms with Gasteiger partial charge in [-0.05, 0) is 44.0 Å². The molecule has 0 unspecified atom stereocenters. The summed E-state index contributed by atoms with van der Waals surface area (Å²) in [7, 11) is 0. The first-order chi connectivity index (χ1) is 18.5. The Morgan fingerprint density at radius 2 is 2.00 bits per heavy atom. The molecule has 196 valence electrons. The number of carbonyl (C=O) groups excluding carboxylic acids is 2. The minimum atomic E-state index is -0.394.